The smallest absolute Gasteiger partial charge is 0.383 e. The number of carbonyl (C=O) groups is 1. The van der Waals surface area contributed by atoms with E-state index in [-0.39, 0.29) is 48.4 Å². The average Bonchev–Trinajstić information content (AvgIpc) is 3.15. The summed E-state index contributed by atoms with van der Waals surface area (Å²) in [6.07, 6.45) is -3.26. The van der Waals surface area contributed by atoms with Gasteiger partial charge in [-0.25, -0.2) is 8.78 Å². The molecule has 12 heteroatoms. The number of fused-ring (bicyclic) bond motifs is 1. The Kier molecular flexibility index (Phi) is 10.5. The number of alkyl halides is 3. The fraction of sp³-hybridized carbons (Fsp3) is 0.300. The van der Waals surface area contributed by atoms with Crippen molar-refractivity contribution in [1.29, 1.82) is 0 Å². The molecule has 272 valence electrons. The molecule has 0 bridgehead atoms. The lowest BCUT2D eigenvalue weighted by Gasteiger charge is -2.39. The van der Waals surface area contributed by atoms with Crippen molar-refractivity contribution in [2.45, 2.75) is 48.9 Å². The van der Waals surface area contributed by atoms with E-state index >= 15 is 0 Å². The van der Waals surface area contributed by atoms with Crippen LogP contribution in [0.1, 0.15) is 33.6 Å². The van der Waals surface area contributed by atoms with Crippen molar-refractivity contribution in [2.75, 3.05) is 33.3 Å². The number of hydrogen-bond donors (Lipinski definition) is 0. The monoisotopic (exact) mass is 738 g/mol. The Morgan fingerprint density at radius 3 is 2.33 bits per heavy atom. The summed E-state index contributed by atoms with van der Waals surface area (Å²) in [5, 5.41) is 0.806. The summed E-state index contributed by atoms with van der Waals surface area (Å²) < 4.78 is 96.5. The van der Waals surface area contributed by atoms with Gasteiger partial charge < -0.3 is 19.1 Å². The molecular weight excluding hydrogens is 698 g/mol. The van der Waals surface area contributed by atoms with Crippen molar-refractivity contribution in [3.8, 4) is 11.1 Å². The number of carbonyl (C=O) groups excluding carboxylic acids is 1. The Morgan fingerprint density at radius 1 is 0.942 bits per heavy atom. The fourth-order valence-corrected chi connectivity index (χ4v) is 7.56. The van der Waals surface area contributed by atoms with Gasteiger partial charge in [0.25, 0.3) is 0 Å². The molecule has 0 spiro atoms. The highest BCUT2D eigenvalue weighted by Gasteiger charge is 2.31. The van der Waals surface area contributed by atoms with Crippen LogP contribution in [-0.4, -0.2) is 59.6 Å². The number of ether oxygens (including phenoxy) is 1. The number of piperidine rings is 1. The lowest BCUT2D eigenvalue weighted by atomic mass is 10.00. The first-order valence-electron chi connectivity index (χ1n) is 18.3. The molecule has 1 fully saturated rings. The zero-order valence-electron chi connectivity index (χ0n) is 31.0. The second kappa shape index (κ2) is 16.4. The molecule has 0 saturated carbocycles. The molecule has 2 heterocycles. The maximum Gasteiger partial charge on any atom is 0.416 e. The molecule has 1 aromatic heterocycles. The van der Waals surface area contributed by atoms with Gasteiger partial charge in [-0.05, 0) is 59.9 Å². The van der Waals surface area contributed by atoms with Gasteiger partial charge in [-0.2, -0.15) is 13.2 Å². The number of aromatic nitrogens is 1. The van der Waals surface area contributed by atoms with Crippen LogP contribution in [0.4, 0.5) is 22.0 Å². The molecule has 5 aromatic rings. The van der Waals surface area contributed by atoms with Gasteiger partial charge in [0, 0.05) is 62.0 Å². The lowest BCUT2D eigenvalue weighted by molar-refractivity contribution is -0.137. The van der Waals surface area contributed by atoms with Crippen molar-refractivity contribution in [1.82, 2.24) is 14.4 Å². The van der Waals surface area contributed by atoms with Crippen LogP contribution >= 0.6 is 11.8 Å². The van der Waals surface area contributed by atoms with Crippen LogP contribution < -0.4 is 5.43 Å². The minimum Gasteiger partial charge on any atom is -0.383 e. The first-order valence-corrected chi connectivity index (χ1v) is 17.8. The van der Waals surface area contributed by atoms with Crippen LogP contribution in [0, 0.1) is 11.6 Å². The summed E-state index contributed by atoms with van der Waals surface area (Å²) in [4.78, 5) is 31.6. The Bertz CT molecular complexity index is 2170. The molecule has 1 aliphatic heterocycles. The Hall–Kier alpha value is -4.52. The molecule has 4 aromatic carbocycles. The van der Waals surface area contributed by atoms with E-state index in [0.29, 0.717) is 59.5 Å². The van der Waals surface area contributed by atoms with Gasteiger partial charge in [0.1, 0.15) is 6.54 Å². The molecule has 1 aliphatic rings. The number of likely N-dealkylation sites (tertiary alicyclic amines) is 1. The molecule has 0 unspecified atom stereocenters. The average molecular weight is 739 g/mol. The highest BCUT2D eigenvalue weighted by Crippen LogP contribution is 2.32. The van der Waals surface area contributed by atoms with Gasteiger partial charge in [-0.3, -0.25) is 9.59 Å². The number of rotatable bonds is 12. The molecule has 0 aliphatic carbocycles. The zero-order chi connectivity index (χ0) is 39.3. The summed E-state index contributed by atoms with van der Waals surface area (Å²) in [5.41, 5.74) is 1.71. The number of methoxy groups -OCH3 is 1. The number of amides is 1. The predicted octanol–water partition coefficient (Wildman–Crippen LogP) is 8.40. The molecule has 52 heavy (non-hydrogen) atoms. The number of benzene rings is 4. The number of hydrogen-bond acceptors (Lipinski definition) is 5. The van der Waals surface area contributed by atoms with Crippen molar-refractivity contribution < 1.29 is 35.6 Å². The van der Waals surface area contributed by atoms with E-state index in [0.717, 1.165) is 35.5 Å². The van der Waals surface area contributed by atoms with Gasteiger partial charge in [0.05, 0.1) is 26.8 Å². The summed E-state index contributed by atoms with van der Waals surface area (Å²) in [6, 6.07) is 24.1. The van der Waals surface area contributed by atoms with Gasteiger partial charge in [-0.1, -0.05) is 60.7 Å². The van der Waals surface area contributed by atoms with Crippen LogP contribution in [-0.2, 0) is 34.6 Å². The molecular formula is C40H38F5N3O3S. The van der Waals surface area contributed by atoms with E-state index in [1.54, 1.807) is 45.9 Å². The Balaban J connectivity index is 1.27. The van der Waals surface area contributed by atoms with Crippen LogP contribution in [0.3, 0.4) is 0 Å². The van der Waals surface area contributed by atoms with E-state index < -0.39 is 30.4 Å². The minimum absolute atomic E-state index is 0.00844. The minimum atomic E-state index is -4.44. The topological polar surface area (TPSA) is 54.8 Å². The van der Waals surface area contributed by atoms with Crippen LogP contribution in [0.5, 0.6) is 0 Å². The predicted molar refractivity (Wildman–Crippen MR) is 193 cm³/mol. The van der Waals surface area contributed by atoms with E-state index in [4.69, 9.17) is 8.85 Å². The van der Waals surface area contributed by atoms with Crippen molar-refractivity contribution in [2.24, 2.45) is 0 Å². The SMILES string of the molecule is [2H]C([2H])([2H])OCCN1CCC(N(Cc2ccc(-c3ccc(C(F)(F)F)cc3)cc2)C(=O)Cn2c(SCc3cccc(F)c3F)cc(=O)c3ccccc32)CC1. The van der Waals surface area contributed by atoms with Crippen LogP contribution in [0.25, 0.3) is 22.0 Å². The summed E-state index contributed by atoms with van der Waals surface area (Å²) >= 11 is 1.12. The van der Waals surface area contributed by atoms with E-state index in [1.807, 2.05) is 12.1 Å². The maximum absolute atomic E-state index is 14.6. The van der Waals surface area contributed by atoms with Crippen molar-refractivity contribution >= 4 is 28.6 Å². The van der Waals surface area contributed by atoms with Crippen molar-refractivity contribution in [3.05, 3.63) is 136 Å². The molecule has 6 nitrogen and oxygen atoms in total. The number of para-hydroxylation sites is 1. The third-order valence-electron chi connectivity index (χ3n) is 9.36. The number of nitrogens with zero attached hydrogens (tertiary/aromatic N) is 3. The first-order chi connectivity index (χ1) is 26.2. The zero-order valence-corrected chi connectivity index (χ0v) is 28.9. The highest BCUT2D eigenvalue weighted by atomic mass is 32.2. The molecule has 0 N–H and O–H groups in total. The Labute approximate surface area is 307 Å². The summed E-state index contributed by atoms with van der Waals surface area (Å²) in [6.45, 7) is 1.69. The lowest BCUT2D eigenvalue weighted by Crippen LogP contribution is -2.48. The fourth-order valence-electron chi connectivity index (χ4n) is 6.53. The van der Waals surface area contributed by atoms with Gasteiger partial charge in [-0.15, -0.1) is 11.8 Å². The maximum atomic E-state index is 14.6. The summed E-state index contributed by atoms with van der Waals surface area (Å²) in [5.74, 6) is -2.20. The molecule has 0 radical (unpaired) electrons. The second-order valence-electron chi connectivity index (χ2n) is 12.7. The van der Waals surface area contributed by atoms with Gasteiger partial charge >= 0.3 is 6.18 Å². The van der Waals surface area contributed by atoms with Crippen LogP contribution in [0.15, 0.2) is 107 Å². The molecule has 1 saturated heterocycles. The highest BCUT2D eigenvalue weighted by molar-refractivity contribution is 7.98. The number of pyridine rings is 1. The first kappa shape index (κ1) is 33.3. The quantitative estimate of drug-likeness (QED) is 0.0952. The second-order valence-corrected chi connectivity index (χ2v) is 13.7. The third kappa shape index (κ3) is 8.74. The molecule has 6 rings (SSSR count). The van der Waals surface area contributed by atoms with E-state index in [2.05, 4.69) is 4.90 Å². The summed E-state index contributed by atoms with van der Waals surface area (Å²) in [7, 11) is -2.49. The van der Waals surface area contributed by atoms with Gasteiger partial charge in [0.2, 0.25) is 5.91 Å². The molecule has 1 amide bonds. The van der Waals surface area contributed by atoms with Gasteiger partial charge in [0.15, 0.2) is 17.1 Å². The number of halogens is 5. The van der Waals surface area contributed by atoms with Crippen LogP contribution in [0.2, 0.25) is 0 Å². The normalized spacial score (nSPS) is 15.3. The van der Waals surface area contributed by atoms with E-state index in [1.165, 1.54) is 30.3 Å². The molecule has 0 atom stereocenters. The standard InChI is InChI=1S/C40H38F5N3O3S/c1-51-22-21-46-19-17-32(18-20-46)47(24-27-9-11-28(12-10-27)29-13-15-31(16-14-29)40(43,44)45)37(50)25-48-35-8-3-2-6-33(35)36(49)23-38(48)52-26-30-5-4-7-34(41)39(30)42/h2-16,23,32H,17-22,24-26H2,1H3/i1D3. The largest absolute Gasteiger partial charge is 0.416 e. The third-order valence-corrected chi connectivity index (χ3v) is 10.5. The van der Waals surface area contributed by atoms with E-state index in [9.17, 15) is 31.5 Å². The van der Waals surface area contributed by atoms with Crippen molar-refractivity contribution in [3.63, 3.8) is 0 Å². The Morgan fingerprint density at radius 2 is 1.63 bits per heavy atom. The number of thioether (sulfide) groups is 1.